The van der Waals surface area contributed by atoms with E-state index in [1.807, 2.05) is 6.07 Å². The van der Waals surface area contributed by atoms with E-state index in [1.54, 1.807) is 18.2 Å². The Bertz CT molecular complexity index is 523. The number of amides is 1. The highest BCUT2D eigenvalue weighted by Crippen LogP contribution is 2.13. The second kappa shape index (κ2) is 7.77. The van der Waals surface area contributed by atoms with Gasteiger partial charge in [-0.15, -0.1) is 0 Å². The number of anilines is 1. The van der Waals surface area contributed by atoms with Gasteiger partial charge in [0.2, 0.25) is 5.91 Å². The third kappa shape index (κ3) is 4.85. The molecule has 0 unspecified atom stereocenters. The molecular weight excluding hydrogens is 264 g/mol. The largest absolute Gasteiger partial charge is 0.325 e. The normalized spacial score (nSPS) is 17.0. The van der Waals surface area contributed by atoms with Crippen molar-refractivity contribution in [2.75, 3.05) is 45.1 Å². The number of nitrogens with one attached hydrogen (secondary N) is 1. The van der Waals surface area contributed by atoms with Crippen LogP contribution in [0.1, 0.15) is 18.4 Å². The van der Waals surface area contributed by atoms with E-state index >= 15 is 0 Å². The summed E-state index contributed by atoms with van der Waals surface area (Å²) in [5.41, 5.74) is 1.10. The lowest BCUT2D eigenvalue weighted by Crippen LogP contribution is -2.31. The third-order valence-corrected chi connectivity index (χ3v) is 3.79. The van der Waals surface area contributed by atoms with Gasteiger partial charge in [0.1, 0.15) is 6.07 Å². The zero-order valence-electron chi connectivity index (χ0n) is 12.5. The maximum atomic E-state index is 12.0. The number of benzene rings is 1. The number of rotatable bonds is 4. The van der Waals surface area contributed by atoms with E-state index in [-0.39, 0.29) is 5.91 Å². The van der Waals surface area contributed by atoms with Crippen LogP contribution in [0.5, 0.6) is 0 Å². The average Bonchev–Trinajstić information content (AvgIpc) is 2.70. The van der Waals surface area contributed by atoms with Crippen molar-refractivity contribution >= 4 is 11.6 Å². The predicted molar refractivity (Wildman–Crippen MR) is 83.0 cm³/mol. The minimum Gasteiger partial charge on any atom is -0.325 e. The van der Waals surface area contributed by atoms with Gasteiger partial charge in [-0.05, 0) is 38.7 Å². The molecule has 1 fully saturated rings. The van der Waals surface area contributed by atoms with E-state index in [0.29, 0.717) is 17.7 Å². The van der Waals surface area contributed by atoms with Gasteiger partial charge in [0.05, 0.1) is 11.3 Å². The molecule has 5 heteroatoms. The Morgan fingerprint density at radius 2 is 2.10 bits per heavy atom. The number of hydrogen-bond acceptors (Lipinski definition) is 4. The van der Waals surface area contributed by atoms with Gasteiger partial charge >= 0.3 is 0 Å². The zero-order valence-corrected chi connectivity index (χ0v) is 12.5. The molecule has 1 aromatic carbocycles. The highest BCUT2D eigenvalue weighted by atomic mass is 16.1. The van der Waals surface area contributed by atoms with Crippen LogP contribution in [0.25, 0.3) is 0 Å². The van der Waals surface area contributed by atoms with Gasteiger partial charge < -0.3 is 15.1 Å². The number of carbonyl (C=O) groups is 1. The van der Waals surface area contributed by atoms with E-state index in [2.05, 4.69) is 28.2 Å². The van der Waals surface area contributed by atoms with Crippen molar-refractivity contribution in [2.45, 2.75) is 12.8 Å². The highest BCUT2D eigenvalue weighted by Gasteiger charge is 2.13. The summed E-state index contributed by atoms with van der Waals surface area (Å²) < 4.78 is 0. The lowest BCUT2D eigenvalue weighted by atomic mass is 10.2. The first kappa shape index (κ1) is 15.5. The van der Waals surface area contributed by atoms with Crippen LogP contribution in [0.3, 0.4) is 0 Å². The monoisotopic (exact) mass is 286 g/mol. The Morgan fingerprint density at radius 3 is 2.90 bits per heavy atom. The van der Waals surface area contributed by atoms with E-state index in [9.17, 15) is 4.79 Å². The second-order valence-corrected chi connectivity index (χ2v) is 5.45. The molecular formula is C16H22N4O. The molecule has 1 amide bonds. The molecule has 1 aliphatic rings. The molecule has 5 nitrogen and oxygen atoms in total. The van der Waals surface area contributed by atoms with Crippen molar-refractivity contribution in [3.05, 3.63) is 29.8 Å². The Labute approximate surface area is 126 Å². The summed E-state index contributed by atoms with van der Waals surface area (Å²) in [5, 5.41) is 11.8. The standard InChI is InChI=1S/C16H22N4O/c1-19-8-4-9-20(12-11-19)10-7-16(21)18-15-6-3-2-5-14(15)13-17/h2-3,5-6H,4,7-12H2,1H3,(H,18,21). The number of carbonyl (C=O) groups excluding carboxylic acids is 1. The van der Waals surface area contributed by atoms with Gasteiger partial charge in [-0.2, -0.15) is 5.26 Å². The SMILES string of the molecule is CN1CCCN(CCC(=O)Nc2ccccc2C#N)CC1. The fourth-order valence-corrected chi connectivity index (χ4v) is 2.49. The smallest absolute Gasteiger partial charge is 0.225 e. The van der Waals surface area contributed by atoms with Crippen LogP contribution in [-0.4, -0.2) is 55.5 Å². The van der Waals surface area contributed by atoms with Gasteiger partial charge in [-0.1, -0.05) is 12.1 Å². The summed E-state index contributed by atoms with van der Waals surface area (Å²) in [6, 6.07) is 9.17. The van der Waals surface area contributed by atoms with E-state index < -0.39 is 0 Å². The maximum Gasteiger partial charge on any atom is 0.225 e. The predicted octanol–water partition coefficient (Wildman–Crippen LogP) is 1.52. The summed E-state index contributed by atoms with van der Waals surface area (Å²) in [6.07, 6.45) is 1.61. The number of para-hydroxylation sites is 1. The fourth-order valence-electron chi connectivity index (χ4n) is 2.49. The van der Waals surface area contributed by atoms with Crippen LogP contribution >= 0.6 is 0 Å². The van der Waals surface area contributed by atoms with Crippen LogP contribution in [0.4, 0.5) is 5.69 Å². The summed E-state index contributed by atoms with van der Waals surface area (Å²) in [6.45, 7) is 5.01. The van der Waals surface area contributed by atoms with Crippen molar-refractivity contribution in [3.63, 3.8) is 0 Å². The Balaban J connectivity index is 1.81. The highest BCUT2D eigenvalue weighted by molar-refractivity contribution is 5.92. The average molecular weight is 286 g/mol. The number of likely N-dealkylation sites (N-methyl/N-ethyl adjacent to an activating group) is 1. The van der Waals surface area contributed by atoms with Gasteiger partial charge in [0.25, 0.3) is 0 Å². The minimum atomic E-state index is -0.0321. The molecule has 1 aromatic rings. The molecule has 1 heterocycles. The number of nitrogens with zero attached hydrogens (tertiary/aromatic N) is 3. The van der Waals surface area contributed by atoms with Crippen LogP contribution in [-0.2, 0) is 4.79 Å². The van der Waals surface area contributed by atoms with Crippen LogP contribution < -0.4 is 5.32 Å². The Hall–Kier alpha value is -1.90. The first-order valence-corrected chi connectivity index (χ1v) is 7.39. The molecule has 1 saturated heterocycles. The minimum absolute atomic E-state index is 0.0321. The molecule has 1 N–H and O–H groups in total. The van der Waals surface area contributed by atoms with E-state index in [1.165, 1.54) is 0 Å². The van der Waals surface area contributed by atoms with Gasteiger partial charge in [0.15, 0.2) is 0 Å². The van der Waals surface area contributed by atoms with Crippen LogP contribution in [0.15, 0.2) is 24.3 Å². The molecule has 0 bridgehead atoms. The third-order valence-electron chi connectivity index (χ3n) is 3.79. The molecule has 2 rings (SSSR count). The summed E-state index contributed by atoms with van der Waals surface area (Å²) in [7, 11) is 2.13. The van der Waals surface area contributed by atoms with Crippen molar-refractivity contribution < 1.29 is 4.79 Å². The molecule has 0 radical (unpaired) electrons. The molecule has 0 aromatic heterocycles. The molecule has 0 spiro atoms. The van der Waals surface area contributed by atoms with Crippen molar-refractivity contribution in [2.24, 2.45) is 0 Å². The molecule has 112 valence electrons. The van der Waals surface area contributed by atoms with Gasteiger partial charge in [-0.3, -0.25) is 4.79 Å². The molecule has 0 saturated carbocycles. The van der Waals surface area contributed by atoms with Crippen LogP contribution in [0.2, 0.25) is 0 Å². The number of nitriles is 1. The first-order chi connectivity index (χ1) is 10.2. The van der Waals surface area contributed by atoms with Gasteiger partial charge in [-0.25, -0.2) is 0 Å². The molecule has 21 heavy (non-hydrogen) atoms. The topological polar surface area (TPSA) is 59.4 Å². The lowest BCUT2D eigenvalue weighted by molar-refractivity contribution is -0.116. The Morgan fingerprint density at radius 1 is 1.29 bits per heavy atom. The maximum absolute atomic E-state index is 12.0. The fraction of sp³-hybridized carbons (Fsp3) is 0.500. The first-order valence-electron chi connectivity index (χ1n) is 7.39. The van der Waals surface area contributed by atoms with E-state index in [4.69, 9.17) is 5.26 Å². The van der Waals surface area contributed by atoms with E-state index in [0.717, 1.165) is 39.1 Å². The molecule has 1 aliphatic heterocycles. The van der Waals surface area contributed by atoms with Crippen molar-refractivity contribution in [1.82, 2.24) is 9.80 Å². The summed E-state index contributed by atoms with van der Waals surface area (Å²) >= 11 is 0. The van der Waals surface area contributed by atoms with Crippen molar-refractivity contribution in [1.29, 1.82) is 5.26 Å². The molecule has 0 atom stereocenters. The summed E-state index contributed by atoms with van der Waals surface area (Å²) in [4.78, 5) is 16.7. The lowest BCUT2D eigenvalue weighted by Gasteiger charge is -2.19. The van der Waals surface area contributed by atoms with Crippen LogP contribution in [0, 0.1) is 11.3 Å². The zero-order chi connectivity index (χ0) is 15.1. The molecule has 0 aliphatic carbocycles. The Kier molecular flexibility index (Phi) is 5.73. The quantitative estimate of drug-likeness (QED) is 0.912. The summed E-state index contributed by atoms with van der Waals surface area (Å²) in [5.74, 6) is -0.0321. The van der Waals surface area contributed by atoms with Crippen molar-refractivity contribution in [3.8, 4) is 6.07 Å². The second-order valence-electron chi connectivity index (χ2n) is 5.45. The number of hydrogen-bond donors (Lipinski definition) is 1. The van der Waals surface area contributed by atoms with Gasteiger partial charge in [0, 0.05) is 26.1 Å².